The van der Waals surface area contributed by atoms with Crippen molar-refractivity contribution in [2.45, 2.75) is 32.2 Å². The van der Waals surface area contributed by atoms with Crippen molar-refractivity contribution < 1.29 is 18.4 Å². The molecule has 0 bridgehead atoms. The predicted molar refractivity (Wildman–Crippen MR) is 96.5 cm³/mol. The number of amides is 1. The number of morpholine rings is 1. The Kier molecular flexibility index (Phi) is 6.89. The van der Waals surface area contributed by atoms with Gasteiger partial charge in [0.1, 0.15) is 5.82 Å². The number of aromatic nitrogens is 2. The van der Waals surface area contributed by atoms with Crippen LogP contribution in [0.25, 0.3) is 0 Å². The van der Waals surface area contributed by atoms with Crippen LogP contribution in [-0.4, -0.2) is 53.8 Å². The quantitative estimate of drug-likeness (QED) is 0.759. The number of rotatable bonds is 8. The van der Waals surface area contributed by atoms with E-state index in [0.717, 1.165) is 18.7 Å². The van der Waals surface area contributed by atoms with Gasteiger partial charge in [0.05, 0.1) is 19.3 Å². The van der Waals surface area contributed by atoms with Gasteiger partial charge in [0.25, 0.3) is 0 Å². The normalized spacial score (nSPS) is 16.2. The van der Waals surface area contributed by atoms with Crippen molar-refractivity contribution in [1.29, 1.82) is 0 Å². The maximum absolute atomic E-state index is 13.7. The molecule has 2 aromatic rings. The summed E-state index contributed by atoms with van der Waals surface area (Å²) >= 11 is 0. The molecular formula is C19H25FN4O3. The highest BCUT2D eigenvalue weighted by Crippen LogP contribution is 2.22. The number of benzene rings is 1. The smallest absolute Gasteiger partial charge is 0.226 e. The zero-order chi connectivity index (χ0) is 19.1. The average molecular weight is 376 g/mol. The molecule has 1 fully saturated rings. The third-order valence-corrected chi connectivity index (χ3v) is 4.58. The van der Waals surface area contributed by atoms with Crippen LogP contribution in [0.5, 0.6) is 0 Å². The number of aryl methyl sites for hydroxylation is 2. The Bertz CT molecular complexity index is 746. The van der Waals surface area contributed by atoms with E-state index >= 15 is 0 Å². The van der Waals surface area contributed by atoms with Crippen LogP contribution in [0.4, 0.5) is 4.39 Å². The molecule has 1 aliphatic heterocycles. The van der Waals surface area contributed by atoms with Gasteiger partial charge < -0.3 is 14.6 Å². The molecule has 0 saturated carbocycles. The molecule has 1 saturated heterocycles. The van der Waals surface area contributed by atoms with Gasteiger partial charge in [-0.15, -0.1) is 0 Å². The minimum atomic E-state index is -0.271. The molecule has 1 atom stereocenters. The standard InChI is InChI=1S/C19H25FN4O3/c1-14-22-19(27-23-14)7-3-6-18(25)21-13-17(24-8-10-26-11-9-24)15-4-2-5-16(20)12-15/h2,4-5,12,17H,3,6-11,13H2,1H3,(H,21,25). The van der Waals surface area contributed by atoms with Gasteiger partial charge in [-0.05, 0) is 31.0 Å². The first kappa shape index (κ1) is 19.4. The molecule has 2 heterocycles. The summed E-state index contributed by atoms with van der Waals surface area (Å²) in [5.41, 5.74) is 0.860. The van der Waals surface area contributed by atoms with Crippen LogP contribution in [0.2, 0.25) is 0 Å². The van der Waals surface area contributed by atoms with E-state index in [-0.39, 0.29) is 17.8 Å². The van der Waals surface area contributed by atoms with E-state index in [1.54, 1.807) is 13.0 Å². The van der Waals surface area contributed by atoms with Crippen LogP contribution >= 0.6 is 0 Å². The molecule has 0 aliphatic carbocycles. The molecule has 3 rings (SSSR count). The fourth-order valence-corrected chi connectivity index (χ4v) is 3.20. The lowest BCUT2D eigenvalue weighted by Crippen LogP contribution is -2.43. The minimum absolute atomic E-state index is 0.0408. The molecule has 0 radical (unpaired) electrons. The molecular weight excluding hydrogens is 351 g/mol. The highest BCUT2D eigenvalue weighted by Gasteiger charge is 2.23. The number of hydrogen-bond donors (Lipinski definition) is 1. The van der Waals surface area contributed by atoms with Crippen molar-refractivity contribution in [2.75, 3.05) is 32.8 Å². The number of nitrogens with one attached hydrogen (secondary N) is 1. The monoisotopic (exact) mass is 376 g/mol. The summed E-state index contributed by atoms with van der Waals surface area (Å²) in [7, 11) is 0. The van der Waals surface area contributed by atoms with E-state index in [1.807, 2.05) is 6.07 Å². The zero-order valence-corrected chi connectivity index (χ0v) is 15.5. The number of carbonyl (C=O) groups is 1. The Morgan fingerprint density at radius 2 is 2.19 bits per heavy atom. The third-order valence-electron chi connectivity index (χ3n) is 4.58. The summed E-state index contributed by atoms with van der Waals surface area (Å²) in [6, 6.07) is 6.48. The van der Waals surface area contributed by atoms with E-state index in [2.05, 4.69) is 20.4 Å². The van der Waals surface area contributed by atoms with Gasteiger partial charge in [-0.25, -0.2) is 4.39 Å². The first-order valence-corrected chi connectivity index (χ1v) is 9.25. The molecule has 146 valence electrons. The Morgan fingerprint density at radius 1 is 1.37 bits per heavy atom. The van der Waals surface area contributed by atoms with E-state index < -0.39 is 0 Å². The highest BCUT2D eigenvalue weighted by molar-refractivity contribution is 5.75. The second kappa shape index (κ2) is 9.57. The van der Waals surface area contributed by atoms with Gasteiger partial charge in [0.15, 0.2) is 5.82 Å². The van der Waals surface area contributed by atoms with Gasteiger partial charge in [0, 0.05) is 32.5 Å². The highest BCUT2D eigenvalue weighted by atomic mass is 19.1. The van der Waals surface area contributed by atoms with Gasteiger partial charge >= 0.3 is 0 Å². The largest absolute Gasteiger partial charge is 0.379 e. The summed E-state index contributed by atoms with van der Waals surface area (Å²) in [4.78, 5) is 18.6. The summed E-state index contributed by atoms with van der Waals surface area (Å²) in [5, 5.41) is 6.71. The minimum Gasteiger partial charge on any atom is -0.379 e. The topological polar surface area (TPSA) is 80.5 Å². The van der Waals surface area contributed by atoms with Gasteiger partial charge in [-0.2, -0.15) is 4.98 Å². The molecule has 0 spiro atoms. The molecule has 1 N–H and O–H groups in total. The predicted octanol–water partition coefficient (Wildman–Crippen LogP) is 2.03. The summed E-state index contributed by atoms with van der Waals surface area (Å²) in [6.45, 7) is 4.99. The number of hydrogen-bond acceptors (Lipinski definition) is 6. The Balaban J connectivity index is 1.52. The Hall–Kier alpha value is -2.32. The van der Waals surface area contributed by atoms with E-state index in [9.17, 15) is 9.18 Å². The summed E-state index contributed by atoms with van der Waals surface area (Å²) in [6.07, 6.45) is 1.58. The van der Waals surface area contributed by atoms with Crippen molar-refractivity contribution in [2.24, 2.45) is 0 Å². The zero-order valence-electron chi connectivity index (χ0n) is 15.5. The second-order valence-electron chi connectivity index (χ2n) is 6.61. The number of halogens is 1. The van der Waals surface area contributed by atoms with Crippen molar-refractivity contribution in [3.63, 3.8) is 0 Å². The van der Waals surface area contributed by atoms with Crippen molar-refractivity contribution >= 4 is 5.91 Å². The molecule has 8 heteroatoms. The number of nitrogens with zero attached hydrogens (tertiary/aromatic N) is 3. The van der Waals surface area contributed by atoms with Crippen molar-refractivity contribution in [3.8, 4) is 0 Å². The lowest BCUT2D eigenvalue weighted by atomic mass is 10.0. The van der Waals surface area contributed by atoms with Crippen LogP contribution in [0, 0.1) is 12.7 Å². The molecule has 1 amide bonds. The Labute approximate surface area is 157 Å². The second-order valence-corrected chi connectivity index (χ2v) is 6.61. The molecule has 7 nitrogen and oxygen atoms in total. The van der Waals surface area contributed by atoms with Crippen LogP contribution in [-0.2, 0) is 16.0 Å². The van der Waals surface area contributed by atoms with Crippen LogP contribution in [0.1, 0.15) is 36.2 Å². The summed E-state index contributed by atoms with van der Waals surface area (Å²) < 4.78 is 24.1. The summed E-state index contributed by atoms with van der Waals surface area (Å²) in [5.74, 6) is 0.831. The first-order valence-electron chi connectivity index (χ1n) is 9.25. The lowest BCUT2D eigenvalue weighted by molar-refractivity contribution is -0.121. The maximum atomic E-state index is 13.7. The molecule has 1 aromatic heterocycles. The molecule has 1 aromatic carbocycles. The van der Waals surface area contributed by atoms with E-state index in [0.29, 0.717) is 50.7 Å². The van der Waals surface area contributed by atoms with Gasteiger partial charge in [-0.3, -0.25) is 9.69 Å². The molecule has 1 unspecified atom stereocenters. The van der Waals surface area contributed by atoms with Crippen molar-refractivity contribution in [1.82, 2.24) is 20.4 Å². The van der Waals surface area contributed by atoms with Crippen LogP contribution < -0.4 is 5.32 Å². The maximum Gasteiger partial charge on any atom is 0.226 e. The van der Waals surface area contributed by atoms with E-state index in [4.69, 9.17) is 9.26 Å². The Morgan fingerprint density at radius 3 is 2.89 bits per heavy atom. The average Bonchev–Trinajstić information content (AvgIpc) is 3.08. The fraction of sp³-hybridized carbons (Fsp3) is 0.526. The lowest BCUT2D eigenvalue weighted by Gasteiger charge is -2.35. The van der Waals surface area contributed by atoms with E-state index in [1.165, 1.54) is 12.1 Å². The van der Waals surface area contributed by atoms with Crippen LogP contribution in [0.15, 0.2) is 28.8 Å². The number of carbonyl (C=O) groups excluding carboxylic acids is 1. The van der Waals surface area contributed by atoms with Crippen molar-refractivity contribution in [3.05, 3.63) is 47.4 Å². The SMILES string of the molecule is Cc1noc(CCCC(=O)NCC(c2cccc(F)c2)N2CCOCC2)n1. The van der Waals surface area contributed by atoms with Gasteiger partial charge in [-0.1, -0.05) is 17.3 Å². The fourth-order valence-electron chi connectivity index (χ4n) is 3.20. The third kappa shape index (κ3) is 5.83. The number of ether oxygens (including phenoxy) is 1. The molecule has 27 heavy (non-hydrogen) atoms. The van der Waals surface area contributed by atoms with Gasteiger partial charge in [0.2, 0.25) is 11.8 Å². The van der Waals surface area contributed by atoms with Crippen LogP contribution in [0.3, 0.4) is 0 Å². The molecule has 1 aliphatic rings. The first-order chi connectivity index (χ1) is 13.1.